The number of rotatable bonds is 7. The predicted molar refractivity (Wildman–Crippen MR) is 72.6 cm³/mol. The maximum Gasteiger partial charge on any atom is 0.277 e. The Bertz CT molecular complexity index is 363. The minimum absolute atomic E-state index is 0.0937. The summed E-state index contributed by atoms with van der Waals surface area (Å²) in [6.45, 7) is 2.29. The smallest absolute Gasteiger partial charge is 0.277 e. The van der Waals surface area contributed by atoms with E-state index in [1.54, 1.807) is 0 Å². The van der Waals surface area contributed by atoms with Crippen LogP contribution in [-0.2, 0) is 10.2 Å². The van der Waals surface area contributed by atoms with Crippen LogP contribution in [0.2, 0.25) is 0 Å². The van der Waals surface area contributed by atoms with E-state index >= 15 is 0 Å². The lowest BCUT2D eigenvalue weighted by Crippen LogP contribution is -2.52. The summed E-state index contributed by atoms with van der Waals surface area (Å²) in [6.07, 6.45) is 5.94. The van der Waals surface area contributed by atoms with Crippen molar-refractivity contribution in [3.8, 4) is 0 Å². The summed E-state index contributed by atoms with van der Waals surface area (Å²) in [5, 5.41) is 7.57. The van der Waals surface area contributed by atoms with Crippen molar-refractivity contribution in [3.63, 3.8) is 0 Å². The zero-order valence-corrected chi connectivity index (χ0v) is 11.7. The second-order valence-corrected chi connectivity index (χ2v) is 6.38. The molecule has 0 aromatic rings. The summed E-state index contributed by atoms with van der Waals surface area (Å²) < 4.78 is 28.5. The zero-order valence-electron chi connectivity index (χ0n) is 10.9. The highest BCUT2D eigenvalue weighted by Crippen LogP contribution is 2.26. The number of nitrogens with one attached hydrogen (secondary N) is 3. The van der Waals surface area contributed by atoms with Crippen molar-refractivity contribution in [2.75, 3.05) is 6.54 Å². The summed E-state index contributed by atoms with van der Waals surface area (Å²) >= 11 is 0. The van der Waals surface area contributed by atoms with Crippen LogP contribution in [0.15, 0.2) is 0 Å². The lowest BCUT2D eigenvalue weighted by molar-refractivity contribution is 0.328. The lowest BCUT2D eigenvalue weighted by Gasteiger charge is -2.29. The average molecular weight is 276 g/mol. The van der Waals surface area contributed by atoms with E-state index in [0.717, 1.165) is 32.1 Å². The molecule has 0 aliphatic heterocycles. The van der Waals surface area contributed by atoms with Crippen LogP contribution in [-0.4, -0.2) is 26.8 Å². The van der Waals surface area contributed by atoms with Crippen LogP contribution in [0.1, 0.15) is 45.4 Å². The van der Waals surface area contributed by atoms with Crippen molar-refractivity contribution in [2.24, 2.45) is 11.7 Å². The van der Waals surface area contributed by atoms with Gasteiger partial charge in [0.1, 0.15) is 5.84 Å². The molecular weight excluding hydrogens is 252 g/mol. The summed E-state index contributed by atoms with van der Waals surface area (Å²) in [5.41, 5.74) is 5.53. The zero-order chi connectivity index (χ0) is 13.6. The van der Waals surface area contributed by atoms with Crippen molar-refractivity contribution in [2.45, 2.75) is 51.5 Å². The van der Waals surface area contributed by atoms with E-state index in [0.29, 0.717) is 6.54 Å². The molecule has 0 bridgehead atoms. The van der Waals surface area contributed by atoms with Gasteiger partial charge in [-0.2, -0.15) is 13.1 Å². The molecule has 1 atom stereocenters. The van der Waals surface area contributed by atoms with Crippen molar-refractivity contribution in [1.29, 1.82) is 5.41 Å². The molecule has 106 valence electrons. The Balaban J connectivity index is 2.64. The Morgan fingerprint density at radius 1 is 1.39 bits per heavy atom. The fourth-order valence-corrected chi connectivity index (χ4v) is 3.54. The molecule has 18 heavy (non-hydrogen) atoms. The number of hydrogen-bond acceptors (Lipinski definition) is 3. The van der Waals surface area contributed by atoms with E-state index in [-0.39, 0.29) is 11.8 Å². The van der Waals surface area contributed by atoms with E-state index in [1.165, 1.54) is 6.42 Å². The summed E-state index contributed by atoms with van der Waals surface area (Å²) in [7, 11) is -3.56. The van der Waals surface area contributed by atoms with Crippen molar-refractivity contribution < 1.29 is 8.42 Å². The minimum atomic E-state index is -3.56. The SMILES string of the molecule is CCCNS(=O)(=O)NC(C(=N)N)C1CCCCC1. The summed E-state index contributed by atoms with van der Waals surface area (Å²) in [5.74, 6) is 0.0539. The van der Waals surface area contributed by atoms with Gasteiger partial charge in [0.2, 0.25) is 0 Å². The lowest BCUT2D eigenvalue weighted by atomic mass is 9.84. The maximum atomic E-state index is 11.8. The fourth-order valence-electron chi connectivity index (χ4n) is 2.33. The van der Waals surface area contributed by atoms with Gasteiger partial charge in [0.15, 0.2) is 0 Å². The predicted octanol–water partition coefficient (Wildman–Crippen LogP) is 0.705. The molecule has 0 aromatic carbocycles. The molecule has 0 aromatic heterocycles. The van der Waals surface area contributed by atoms with Gasteiger partial charge in [-0.1, -0.05) is 26.2 Å². The van der Waals surface area contributed by atoms with Crippen LogP contribution >= 0.6 is 0 Å². The van der Waals surface area contributed by atoms with E-state index in [4.69, 9.17) is 11.1 Å². The number of amidine groups is 1. The Kier molecular flexibility index (Phi) is 6.04. The Morgan fingerprint density at radius 2 is 2.00 bits per heavy atom. The van der Waals surface area contributed by atoms with Crippen LogP contribution in [0.3, 0.4) is 0 Å². The largest absolute Gasteiger partial charge is 0.386 e. The maximum absolute atomic E-state index is 11.8. The molecule has 5 N–H and O–H groups in total. The Hall–Kier alpha value is -0.660. The van der Waals surface area contributed by atoms with Crippen LogP contribution < -0.4 is 15.2 Å². The van der Waals surface area contributed by atoms with E-state index < -0.39 is 16.3 Å². The molecule has 0 saturated heterocycles. The van der Waals surface area contributed by atoms with Gasteiger partial charge >= 0.3 is 0 Å². The first-order chi connectivity index (χ1) is 8.46. The van der Waals surface area contributed by atoms with Gasteiger partial charge in [-0.05, 0) is 25.2 Å². The third-order valence-electron chi connectivity index (χ3n) is 3.28. The average Bonchev–Trinajstić information content (AvgIpc) is 2.34. The fraction of sp³-hybridized carbons (Fsp3) is 0.909. The molecule has 6 nitrogen and oxygen atoms in total. The first kappa shape index (κ1) is 15.4. The second-order valence-electron chi connectivity index (χ2n) is 4.85. The molecule has 0 spiro atoms. The Labute approximate surface area is 109 Å². The molecule has 0 heterocycles. The van der Waals surface area contributed by atoms with Crippen LogP contribution in [0.25, 0.3) is 0 Å². The van der Waals surface area contributed by atoms with Gasteiger partial charge in [-0.3, -0.25) is 5.41 Å². The minimum Gasteiger partial charge on any atom is -0.386 e. The summed E-state index contributed by atoms with van der Waals surface area (Å²) in [4.78, 5) is 0. The van der Waals surface area contributed by atoms with Gasteiger partial charge in [0.05, 0.1) is 6.04 Å². The first-order valence-electron chi connectivity index (χ1n) is 6.57. The summed E-state index contributed by atoms with van der Waals surface area (Å²) in [6, 6.07) is -0.570. The highest BCUT2D eigenvalue weighted by molar-refractivity contribution is 7.87. The normalized spacial score (nSPS) is 19.6. The van der Waals surface area contributed by atoms with Gasteiger partial charge < -0.3 is 5.73 Å². The number of hydrogen-bond donors (Lipinski definition) is 4. The number of nitrogens with two attached hydrogens (primary N) is 1. The molecule has 1 aliphatic carbocycles. The first-order valence-corrected chi connectivity index (χ1v) is 8.05. The molecule has 1 saturated carbocycles. The van der Waals surface area contributed by atoms with Crippen LogP contribution in [0, 0.1) is 11.3 Å². The third kappa shape index (κ3) is 4.91. The second kappa shape index (κ2) is 7.06. The molecule has 7 heteroatoms. The van der Waals surface area contributed by atoms with Crippen LogP contribution in [0.5, 0.6) is 0 Å². The molecule has 1 unspecified atom stereocenters. The van der Waals surface area contributed by atoms with E-state index in [2.05, 4.69) is 9.44 Å². The van der Waals surface area contributed by atoms with Crippen molar-refractivity contribution in [3.05, 3.63) is 0 Å². The molecule has 0 amide bonds. The Morgan fingerprint density at radius 3 is 2.50 bits per heavy atom. The molecule has 0 radical (unpaired) electrons. The van der Waals surface area contributed by atoms with E-state index in [9.17, 15) is 8.42 Å². The molecule has 1 rings (SSSR count). The standard InChI is InChI=1S/C11H24N4O2S/c1-2-8-14-18(16,17)15-10(11(12)13)9-6-4-3-5-7-9/h9-10,14-15H,2-8H2,1H3,(H3,12,13). The third-order valence-corrected chi connectivity index (χ3v) is 4.43. The molecule has 1 aliphatic rings. The van der Waals surface area contributed by atoms with Crippen molar-refractivity contribution in [1.82, 2.24) is 9.44 Å². The molecular formula is C11H24N4O2S. The van der Waals surface area contributed by atoms with Gasteiger partial charge in [-0.15, -0.1) is 0 Å². The monoisotopic (exact) mass is 276 g/mol. The quantitative estimate of drug-likeness (QED) is 0.406. The molecule has 1 fully saturated rings. The van der Waals surface area contributed by atoms with Crippen LogP contribution in [0.4, 0.5) is 0 Å². The topological polar surface area (TPSA) is 108 Å². The van der Waals surface area contributed by atoms with E-state index in [1.807, 2.05) is 6.92 Å². The van der Waals surface area contributed by atoms with Gasteiger partial charge in [-0.25, -0.2) is 4.72 Å². The highest BCUT2D eigenvalue weighted by atomic mass is 32.2. The highest BCUT2D eigenvalue weighted by Gasteiger charge is 2.29. The van der Waals surface area contributed by atoms with Gasteiger partial charge in [0.25, 0.3) is 10.2 Å². The van der Waals surface area contributed by atoms with Crippen molar-refractivity contribution >= 4 is 16.0 Å². The van der Waals surface area contributed by atoms with Gasteiger partial charge in [0, 0.05) is 6.54 Å².